The quantitative estimate of drug-likeness (QED) is 0.383. The molecule has 0 spiro atoms. The Labute approximate surface area is 108 Å². The summed E-state index contributed by atoms with van der Waals surface area (Å²) in [5.41, 5.74) is 5.52. The Kier molecular flexibility index (Phi) is 13.6. The molecule has 0 aromatic heterocycles. The predicted octanol–water partition coefficient (Wildman–Crippen LogP) is 4.55. The summed E-state index contributed by atoms with van der Waals surface area (Å²) < 4.78 is 0. The second kappa shape index (κ2) is 13.4. The standard InChI is InChI=1S/C14H31NS/c1-2-3-4-5-6-7-8-9-10-11-12-14(16)13-15/h14,16H,2-13,15H2,1H3. The first kappa shape index (κ1) is 16.3. The molecule has 0 saturated carbocycles. The van der Waals surface area contributed by atoms with Crippen LogP contribution in [0.1, 0.15) is 77.6 Å². The van der Waals surface area contributed by atoms with Crippen molar-refractivity contribution in [2.45, 2.75) is 82.8 Å². The Morgan fingerprint density at radius 2 is 1.25 bits per heavy atom. The minimum absolute atomic E-state index is 0.425. The van der Waals surface area contributed by atoms with Crippen LogP contribution >= 0.6 is 12.6 Å². The maximum Gasteiger partial charge on any atom is 0.0140 e. The average Bonchev–Trinajstić information content (AvgIpc) is 2.31. The average molecular weight is 245 g/mol. The summed E-state index contributed by atoms with van der Waals surface area (Å²) in [6.07, 6.45) is 15.2. The minimum Gasteiger partial charge on any atom is -0.329 e. The lowest BCUT2D eigenvalue weighted by atomic mass is 10.1. The zero-order valence-corrected chi connectivity index (χ0v) is 12.0. The summed E-state index contributed by atoms with van der Waals surface area (Å²) >= 11 is 4.40. The summed E-state index contributed by atoms with van der Waals surface area (Å²) in [6, 6.07) is 0. The van der Waals surface area contributed by atoms with Gasteiger partial charge in [-0.1, -0.05) is 71.1 Å². The maximum atomic E-state index is 5.52. The van der Waals surface area contributed by atoms with Gasteiger partial charge in [0.1, 0.15) is 0 Å². The SMILES string of the molecule is CCCCCCCCCCCCC(S)CN. The highest BCUT2D eigenvalue weighted by atomic mass is 32.1. The van der Waals surface area contributed by atoms with Crippen LogP contribution in [0.2, 0.25) is 0 Å². The molecule has 0 amide bonds. The van der Waals surface area contributed by atoms with E-state index in [-0.39, 0.29) is 0 Å². The molecule has 0 aliphatic carbocycles. The molecule has 0 saturated heterocycles. The molecule has 0 aromatic rings. The molecule has 2 N–H and O–H groups in total. The van der Waals surface area contributed by atoms with Gasteiger partial charge in [-0.05, 0) is 6.42 Å². The van der Waals surface area contributed by atoms with Crippen molar-refractivity contribution in [3.05, 3.63) is 0 Å². The van der Waals surface area contributed by atoms with Crippen LogP contribution in [0.5, 0.6) is 0 Å². The van der Waals surface area contributed by atoms with Gasteiger partial charge in [0.15, 0.2) is 0 Å². The smallest absolute Gasteiger partial charge is 0.0140 e. The van der Waals surface area contributed by atoms with Crippen molar-refractivity contribution in [3.8, 4) is 0 Å². The molecule has 0 aromatic carbocycles. The molecule has 0 aliphatic heterocycles. The normalized spacial score (nSPS) is 12.9. The molecule has 0 bridgehead atoms. The van der Waals surface area contributed by atoms with E-state index in [0.717, 1.165) is 6.54 Å². The summed E-state index contributed by atoms with van der Waals surface area (Å²) in [6.45, 7) is 3.00. The molecule has 16 heavy (non-hydrogen) atoms. The van der Waals surface area contributed by atoms with E-state index in [2.05, 4.69) is 19.6 Å². The number of hydrogen-bond donors (Lipinski definition) is 2. The van der Waals surface area contributed by atoms with Gasteiger partial charge in [0, 0.05) is 11.8 Å². The van der Waals surface area contributed by atoms with Crippen LogP contribution in [0.3, 0.4) is 0 Å². The summed E-state index contributed by atoms with van der Waals surface area (Å²) in [5, 5.41) is 0.425. The fourth-order valence-corrected chi connectivity index (χ4v) is 2.17. The highest BCUT2D eigenvalue weighted by Crippen LogP contribution is 2.12. The Morgan fingerprint density at radius 3 is 1.69 bits per heavy atom. The summed E-state index contributed by atoms with van der Waals surface area (Å²) in [7, 11) is 0. The monoisotopic (exact) mass is 245 g/mol. The van der Waals surface area contributed by atoms with Crippen molar-refractivity contribution in [1.82, 2.24) is 0 Å². The van der Waals surface area contributed by atoms with Crippen LogP contribution in [0.4, 0.5) is 0 Å². The van der Waals surface area contributed by atoms with Gasteiger partial charge in [-0.15, -0.1) is 0 Å². The fraction of sp³-hybridized carbons (Fsp3) is 1.00. The number of rotatable bonds is 12. The highest BCUT2D eigenvalue weighted by Gasteiger charge is 1.98. The molecule has 0 heterocycles. The topological polar surface area (TPSA) is 26.0 Å². The zero-order valence-electron chi connectivity index (χ0n) is 11.1. The van der Waals surface area contributed by atoms with E-state index in [0.29, 0.717) is 5.25 Å². The summed E-state index contributed by atoms with van der Waals surface area (Å²) in [4.78, 5) is 0. The van der Waals surface area contributed by atoms with E-state index in [9.17, 15) is 0 Å². The van der Waals surface area contributed by atoms with E-state index in [1.165, 1.54) is 70.6 Å². The number of nitrogens with two attached hydrogens (primary N) is 1. The largest absolute Gasteiger partial charge is 0.329 e. The van der Waals surface area contributed by atoms with Crippen molar-refractivity contribution in [2.75, 3.05) is 6.54 Å². The second-order valence-corrected chi connectivity index (χ2v) is 5.59. The predicted molar refractivity (Wildman–Crippen MR) is 78.3 cm³/mol. The third-order valence-corrected chi connectivity index (χ3v) is 3.63. The molecule has 1 nitrogen and oxygen atoms in total. The van der Waals surface area contributed by atoms with Gasteiger partial charge in [-0.3, -0.25) is 0 Å². The molecule has 0 rings (SSSR count). The van der Waals surface area contributed by atoms with Gasteiger partial charge in [-0.25, -0.2) is 0 Å². The Morgan fingerprint density at radius 1 is 0.812 bits per heavy atom. The molecular formula is C14H31NS. The molecular weight excluding hydrogens is 214 g/mol. The minimum atomic E-state index is 0.425. The van der Waals surface area contributed by atoms with E-state index in [1.807, 2.05) is 0 Å². The maximum absolute atomic E-state index is 5.52. The second-order valence-electron chi connectivity index (χ2n) is 4.86. The van der Waals surface area contributed by atoms with E-state index >= 15 is 0 Å². The molecule has 0 fully saturated rings. The van der Waals surface area contributed by atoms with Crippen LogP contribution < -0.4 is 5.73 Å². The lowest BCUT2D eigenvalue weighted by Gasteiger charge is -2.06. The third-order valence-electron chi connectivity index (χ3n) is 3.16. The van der Waals surface area contributed by atoms with Gasteiger partial charge in [0.2, 0.25) is 0 Å². The third kappa shape index (κ3) is 12.4. The van der Waals surface area contributed by atoms with Gasteiger partial charge >= 0.3 is 0 Å². The lowest BCUT2D eigenvalue weighted by Crippen LogP contribution is -2.13. The first-order valence-corrected chi connectivity index (χ1v) is 7.71. The van der Waals surface area contributed by atoms with Crippen LogP contribution in [-0.4, -0.2) is 11.8 Å². The van der Waals surface area contributed by atoms with E-state index < -0.39 is 0 Å². The highest BCUT2D eigenvalue weighted by molar-refractivity contribution is 7.81. The van der Waals surface area contributed by atoms with Crippen molar-refractivity contribution >= 4 is 12.6 Å². The number of unbranched alkanes of at least 4 members (excludes halogenated alkanes) is 9. The zero-order chi connectivity index (χ0) is 12.1. The van der Waals surface area contributed by atoms with Crippen molar-refractivity contribution in [2.24, 2.45) is 5.73 Å². The summed E-state index contributed by atoms with van der Waals surface area (Å²) in [5.74, 6) is 0. The molecule has 0 radical (unpaired) electrons. The van der Waals surface area contributed by atoms with Crippen LogP contribution in [-0.2, 0) is 0 Å². The van der Waals surface area contributed by atoms with Crippen LogP contribution in [0.25, 0.3) is 0 Å². The van der Waals surface area contributed by atoms with Crippen molar-refractivity contribution < 1.29 is 0 Å². The van der Waals surface area contributed by atoms with Crippen molar-refractivity contribution in [3.63, 3.8) is 0 Å². The molecule has 2 heteroatoms. The Balaban J connectivity index is 2.93. The fourth-order valence-electron chi connectivity index (χ4n) is 1.99. The molecule has 98 valence electrons. The van der Waals surface area contributed by atoms with Crippen LogP contribution in [0.15, 0.2) is 0 Å². The van der Waals surface area contributed by atoms with Crippen LogP contribution in [0, 0.1) is 0 Å². The molecule has 1 atom stereocenters. The number of hydrogen-bond acceptors (Lipinski definition) is 2. The Bertz CT molecular complexity index is 128. The Hall–Kier alpha value is 0.310. The lowest BCUT2D eigenvalue weighted by molar-refractivity contribution is 0.547. The van der Waals surface area contributed by atoms with E-state index in [4.69, 9.17) is 5.73 Å². The molecule has 0 aliphatic rings. The van der Waals surface area contributed by atoms with Gasteiger partial charge < -0.3 is 5.73 Å². The van der Waals surface area contributed by atoms with E-state index in [1.54, 1.807) is 0 Å². The molecule has 1 unspecified atom stereocenters. The first-order valence-electron chi connectivity index (χ1n) is 7.19. The van der Waals surface area contributed by atoms with Crippen molar-refractivity contribution in [1.29, 1.82) is 0 Å². The first-order chi connectivity index (χ1) is 7.81. The number of thiol groups is 1. The van der Waals surface area contributed by atoms with Gasteiger partial charge in [-0.2, -0.15) is 12.6 Å². The van der Waals surface area contributed by atoms with Gasteiger partial charge in [0.05, 0.1) is 0 Å². The van der Waals surface area contributed by atoms with Gasteiger partial charge in [0.25, 0.3) is 0 Å².